The molecule has 1 N–H and O–H groups in total. The van der Waals surface area contributed by atoms with E-state index in [0.29, 0.717) is 12.1 Å². The quantitative estimate of drug-likeness (QED) is 0.374. The average Bonchev–Trinajstić information content (AvgIpc) is 3.31. The van der Waals surface area contributed by atoms with E-state index in [1.165, 1.54) is 22.5 Å². The molecule has 2 saturated heterocycles. The number of imidazole rings is 1. The predicted octanol–water partition coefficient (Wildman–Crippen LogP) is 4.41. The standard InChI is InChI=1S/C32H35N5O3/c38-32(39)23-9-10-28-30(19-23)37(21-26-12-18-40-26)31(33-28)22-34-14-16-35(17-15-34)29-8-4-5-24-20-36(13-11-27(24)29)25-6-2-1-3-7-25/h1-10,19,26H,11-18,20-22H2,(H,38,39). The lowest BCUT2D eigenvalue weighted by molar-refractivity contribution is -0.0592. The minimum Gasteiger partial charge on any atom is -0.478 e. The van der Waals surface area contributed by atoms with Crippen molar-refractivity contribution in [2.75, 3.05) is 49.1 Å². The molecule has 8 heteroatoms. The van der Waals surface area contributed by atoms with Gasteiger partial charge in [0, 0.05) is 57.3 Å². The van der Waals surface area contributed by atoms with Crippen molar-refractivity contribution >= 4 is 28.4 Å². The molecule has 0 saturated carbocycles. The number of hydrogen-bond donors (Lipinski definition) is 1. The van der Waals surface area contributed by atoms with Crippen molar-refractivity contribution in [3.63, 3.8) is 0 Å². The molecule has 3 aromatic carbocycles. The summed E-state index contributed by atoms with van der Waals surface area (Å²) in [6.45, 7) is 8.13. The first-order valence-corrected chi connectivity index (χ1v) is 14.3. The molecule has 3 aliphatic rings. The van der Waals surface area contributed by atoms with Gasteiger partial charge in [-0.05, 0) is 60.4 Å². The summed E-state index contributed by atoms with van der Waals surface area (Å²) in [7, 11) is 0. The molecule has 8 nitrogen and oxygen atoms in total. The van der Waals surface area contributed by atoms with E-state index < -0.39 is 5.97 Å². The fraction of sp³-hybridized carbons (Fsp3) is 0.375. The molecule has 1 unspecified atom stereocenters. The third-order valence-corrected chi connectivity index (χ3v) is 8.69. The van der Waals surface area contributed by atoms with Gasteiger partial charge in [0.05, 0.1) is 35.8 Å². The largest absolute Gasteiger partial charge is 0.478 e. The molecular weight excluding hydrogens is 502 g/mol. The topological polar surface area (TPSA) is 74.1 Å². The molecule has 2 fully saturated rings. The van der Waals surface area contributed by atoms with Crippen molar-refractivity contribution in [1.29, 1.82) is 0 Å². The van der Waals surface area contributed by atoms with E-state index in [1.807, 2.05) is 6.07 Å². The first-order valence-electron chi connectivity index (χ1n) is 14.3. The van der Waals surface area contributed by atoms with Crippen molar-refractivity contribution in [2.24, 2.45) is 0 Å². The molecule has 4 heterocycles. The molecule has 0 bridgehead atoms. The molecule has 4 aromatic rings. The summed E-state index contributed by atoms with van der Waals surface area (Å²) in [6, 6.07) is 22.7. The van der Waals surface area contributed by atoms with Gasteiger partial charge in [-0.2, -0.15) is 0 Å². The van der Waals surface area contributed by atoms with Gasteiger partial charge in [0.2, 0.25) is 0 Å². The summed E-state index contributed by atoms with van der Waals surface area (Å²) in [4.78, 5) is 24.1. The van der Waals surface area contributed by atoms with Crippen molar-refractivity contribution < 1.29 is 14.6 Å². The van der Waals surface area contributed by atoms with Crippen LogP contribution in [0.1, 0.15) is 33.7 Å². The zero-order valence-electron chi connectivity index (χ0n) is 22.7. The van der Waals surface area contributed by atoms with Crippen LogP contribution in [0.5, 0.6) is 0 Å². The Kier molecular flexibility index (Phi) is 6.65. The number of aromatic nitrogens is 2. The van der Waals surface area contributed by atoms with E-state index in [1.54, 1.807) is 12.1 Å². The highest BCUT2D eigenvalue weighted by Gasteiger charge is 2.27. The van der Waals surface area contributed by atoms with Crippen LogP contribution in [-0.2, 0) is 30.8 Å². The van der Waals surface area contributed by atoms with Crippen LogP contribution in [0.3, 0.4) is 0 Å². The van der Waals surface area contributed by atoms with Crippen LogP contribution in [0.2, 0.25) is 0 Å². The van der Waals surface area contributed by atoms with Gasteiger partial charge in [-0.25, -0.2) is 9.78 Å². The fourth-order valence-electron chi connectivity index (χ4n) is 6.35. The second kappa shape index (κ2) is 10.6. The number of hydrogen-bond acceptors (Lipinski definition) is 6. The smallest absolute Gasteiger partial charge is 0.335 e. The average molecular weight is 538 g/mol. The lowest BCUT2D eigenvalue weighted by Gasteiger charge is -2.39. The molecule has 40 heavy (non-hydrogen) atoms. The molecule has 1 atom stereocenters. The van der Waals surface area contributed by atoms with Crippen LogP contribution in [0.25, 0.3) is 11.0 Å². The highest BCUT2D eigenvalue weighted by Crippen LogP contribution is 2.32. The second-order valence-corrected chi connectivity index (χ2v) is 11.1. The predicted molar refractivity (Wildman–Crippen MR) is 156 cm³/mol. The van der Waals surface area contributed by atoms with Crippen LogP contribution < -0.4 is 9.80 Å². The summed E-state index contributed by atoms with van der Waals surface area (Å²) >= 11 is 0. The lowest BCUT2D eigenvalue weighted by Crippen LogP contribution is -2.47. The number of carboxylic acids is 1. The Morgan fingerprint density at radius 2 is 1.77 bits per heavy atom. The van der Waals surface area contributed by atoms with Crippen molar-refractivity contribution in [3.8, 4) is 0 Å². The molecule has 1 aromatic heterocycles. The van der Waals surface area contributed by atoms with E-state index in [-0.39, 0.29) is 6.10 Å². The summed E-state index contributed by atoms with van der Waals surface area (Å²) < 4.78 is 7.91. The van der Waals surface area contributed by atoms with E-state index in [0.717, 1.165) is 82.1 Å². The van der Waals surface area contributed by atoms with E-state index in [2.05, 4.69) is 67.8 Å². The number of benzene rings is 3. The third-order valence-electron chi connectivity index (χ3n) is 8.69. The number of fused-ring (bicyclic) bond motifs is 2. The number of nitrogens with zero attached hydrogens (tertiary/aromatic N) is 5. The van der Waals surface area contributed by atoms with Crippen molar-refractivity contribution in [3.05, 3.63) is 89.2 Å². The summed E-state index contributed by atoms with van der Waals surface area (Å²) in [5, 5.41) is 9.53. The Labute approximate surface area is 234 Å². The number of carbonyl (C=O) groups is 1. The Morgan fingerprint density at radius 1 is 0.950 bits per heavy atom. The fourth-order valence-corrected chi connectivity index (χ4v) is 6.35. The molecule has 0 radical (unpaired) electrons. The first-order chi connectivity index (χ1) is 19.6. The van der Waals surface area contributed by atoms with Gasteiger partial charge in [-0.1, -0.05) is 30.3 Å². The first kappa shape index (κ1) is 25.1. The number of anilines is 2. The Hall–Kier alpha value is -3.88. The Bertz CT molecular complexity index is 1520. The van der Waals surface area contributed by atoms with Gasteiger partial charge < -0.3 is 24.2 Å². The highest BCUT2D eigenvalue weighted by atomic mass is 16.5. The Morgan fingerprint density at radius 3 is 2.52 bits per heavy atom. The van der Waals surface area contributed by atoms with Crippen molar-refractivity contribution in [1.82, 2.24) is 14.5 Å². The maximum Gasteiger partial charge on any atom is 0.335 e. The number of piperazine rings is 1. The van der Waals surface area contributed by atoms with Gasteiger partial charge in [0.15, 0.2) is 0 Å². The van der Waals surface area contributed by atoms with Crippen LogP contribution >= 0.6 is 0 Å². The van der Waals surface area contributed by atoms with Crippen LogP contribution in [-0.4, -0.2) is 71.0 Å². The number of rotatable bonds is 7. The minimum atomic E-state index is -0.914. The zero-order valence-corrected chi connectivity index (χ0v) is 22.7. The normalized spacial score (nSPS) is 19.4. The van der Waals surface area contributed by atoms with E-state index in [9.17, 15) is 9.90 Å². The highest BCUT2D eigenvalue weighted by molar-refractivity contribution is 5.92. The Balaban J connectivity index is 1.06. The molecular formula is C32H35N5O3. The van der Waals surface area contributed by atoms with Crippen LogP contribution in [0.15, 0.2) is 66.7 Å². The number of carboxylic acid groups (broad SMARTS) is 1. The van der Waals surface area contributed by atoms with Gasteiger partial charge in [-0.3, -0.25) is 4.90 Å². The maximum atomic E-state index is 11.6. The maximum absolute atomic E-state index is 11.6. The molecule has 7 rings (SSSR count). The van der Waals surface area contributed by atoms with Crippen molar-refractivity contribution in [2.45, 2.75) is 38.6 Å². The monoisotopic (exact) mass is 537 g/mol. The zero-order chi connectivity index (χ0) is 27.1. The van der Waals surface area contributed by atoms with Crippen LogP contribution in [0, 0.1) is 0 Å². The molecule has 3 aliphatic heterocycles. The summed E-state index contributed by atoms with van der Waals surface area (Å²) in [6.07, 6.45) is 2.26. The van der Waals surface area contributed by atoms with Gasteiger partial charge >= 0.3 is 5.97 Å². The number of ether oxygens (including phenoxy) is 1. The van der Waals surface area contributed by atoms with Crippen LogP contribution in [0.4, 0.5) is 11.4 Å². The number of para-hydroxylation sites is 1. The van der Waals surface area contributed by atoms with E-state index >= 15 is 0 Å². The SMILES string of the molecule is O=C(O)c1ccc2nc(CN3CCN(c4cccc5c4CCN(c4ccccc4)C5)CC3)n(CC3CCO3)c2c1. The second-order valence-electron chi connectivity index (χ2n) is 11.1. The van der Waals surface area contributed by atoms with Gasteiger partial charge in [0.1, 0.15) is 5.82 Å². The molecule has 0 amide bonds. The summed E-state index contributed by atoms with van der Waals surface area (Å²) in [5.74, 6) is 0.0719. The molecule has 0 spiro atoms. The van der Waals surface area contributed by atoms with Gasteiger partial charge in [-0.15, -0.1) is 0 Å². The molecule has 206 valence electrons. The lowest BCUT2D eigenvalue weighted by atomic mass is 9.96. The molecule has 0 aliphatic carbocycles. The third kappa shape index (κ3) is 4.82. The van der Waals surface area contributed by atoms with Gasteiger partial charge in [0.25, 0.3) is 0 Å². The van der Waals surface area contributed by atoms with E-state index in [4.69, 9.17) is 9.72 Å². The number of aromatic carboxylic acids is 1. The minimum absolute atomic E-state index is 0.170. The summed E-state index contributed by atoms with van der Waals surface area (Å²) in [5.41, 5.74) is 7.63.